The van der Waals surface area contributed by atoms with Crippen molar-refractivity contribution in [3.63, 3.8) is 0 Å². The average Bonchev–Trinajstić information content (AvgIpc) is 3.60. The number of alkyl halides is 3. The Labute approximate surface area is 210 Å². The number of hydrogen-bond acceptors (Lipinski definition) is 5. The second kappa shape index (κ2) is 9.46. The first-order valence-corrected chi connectivity index (χ1v) is 11.5. The van der Waals surface area contributed by atoms with Gasteiger partial charge in [-0.05, 0) is 51.8 Å². The molecule has 2 aromatic rings. The molecule has 1 aromatic heterocycles. The number of ether oxygens (including phenoxy) is 1. The molecule has 0 spiro atoms. The lowest BCUT2D eigenvalue weighted by molar-refractivity contribution is -0.178. The van der Waals surface area contributed by atoms with Gasteiger partial charge in [0.15, 0.2) is 0 Å². The van der Waals surface area contributed by atoms with E-state index in [4.69, 9.17) is 4.74 Å². The quantitative estimate of drug-likeness (QED) is 0.316. The Balaban J connectivity index is 1.61. The minimum Gasteiger partial charge on any atom is -0.444 e. The molecule has 2 heterocycles. The van der Waals surface area contributed by atoms with E-state index in [1.54, 1.807) is 20.8 Å². The van der Waals surface area contributed by atoms with Crippen molar-refractivity contribution in [3.05, 3.63) is 47.5 Å². The molecule has 1 saturated carbocycles. The molecule has 0 bridgehead atoms. The number of carbonyl (C=O) groups is 2. The molecule has 3 amide bonds. The summed E-state index contributed by atoms with van der Waals surface area (Å²) in [5.41, 5.74) is -3.91. The van der Waals surface area contributed by atoms with E-state index < -0.39 is 40.8 Å². The number of aromatic nitrogens is 1. The third kappa shape index (κ3) is 5.87. The number of rotatable bonds is 4. The maximum Gasteiger partial charge on any atom is 0.427 e. The summed E-state index contributed by atoms with van der Waals surface area (Å²) in [5, 5.41) is 9.65. The molecule has 8 nitrogen and oxygen atoms in total. The predicted molar refractivity (Wildman–Crippen MR) is 128 cm³/mol. The Kier molecular flexibility index (Phi) is 6.66. The fourth-order valence-corrected chi connectivity index (χ4v) is 3.64. The number of carbonyl (C=O) groups excluding carboxylic acids is 2. The van der Waals surface area contributed by atoms with Gasteiger partial charge in [-0.25, -0.2) is 14.0 Å². The van der Waals surface area contributed by atoms with Gasteiger partial charge in [-0.2, -0.15) is 13.2 Å². The van der Waals surface area contributed by atoms with Crippen molar-refractivity contribution in [2.24, 2.45) is 5.92 Å². The summed E-state index contributed by atoms with van der Waals surface area (Å²) < 4.78 is 63.1. The zero-order valence-corrected chi connectivity index (χ0v) is 20.3. The number of fused-ring (bicyclic) bond motifs is 1. The van der Waals surface area contributed by atoms with Gasteiger partial charge in [-0.1, -0.05) is 11.8 Å². The van der Waals surface area contributed by atoms with E-state index >= 15 is 4.39 Å². The molecular formula is C25H25F4N5O3. The van der Waals surface area contributed by atoms with Gasteiger partial charge in [0, 0.05) is 35.5 Å². The van der Waals surface area contributed by atoms with Gasteiger partial charge < -0.3 is 20.7 Å². The van der Waals surface area contributed by atoms with Gasteiger partial charge in [-0.15, -0.1) is 0 Å². The van der Waals surface area contributed by atoms with Crippen LogP contribution in [0.2, 0.25) is 0 Å². The first-order valence-electron chi connectivity index (χ1n) is 11.5. The summed E-state index contributed by atoms with van der Waals surface area (Å²) in [6, 6.07) is 2.26. The zero-order chi connectivity index (χ0) is 27.0. The molecule has 1 atom stereocenters. The summed E-state index contributed by atoms with van der Waals surface area (Å²) >= 11 is 0. The fraction of sp³-hybridized carbons (Fsp3) is 0.400. The van der Waals surface area contributed by atoms with Crippen LogP contribution in [0, 0.1) is 23.6 Å². The van der Waals surface area contributed by atoms with E-state index in [2.05, 4.69) is 32.8 Å². The van der Waals surface area contributed by atoms with E-state index in [1.807, 2.05) is 5.32 Å². The van der Waals surface area contributed by atoms with Crippen LogP contribution in [0.25, 0.3) is 0 Å². The van der Waals surface area contributed by atoms with Crippen molar-refractivity contribution in [1.29, 1.82) is 0 Å². The lowest BCUT2D eigenvalue weighted by Gasteiger charge is -2.37. The smallest absolute Gasteiger partial charge is 0.427 e. The number of amides is 3. The zero-order valence-electron chi connectivity index (χ0n) is 20.3. The molecule has 1 aliphatic heterocycles. The van der Waals surface area contributed by atoms with E-state index in [0.29, 0.717) is 24.2 Å². The van der Waals surface area contributed by atoms with Crippen molar-refractivity contribution in [3.8, 4) is 11.8 Å². The predicted octanol–water partition coefficient (Wildman–Crippen LogP) is 5.49. The standard InChI is InChI=1S/C25H25F4N5O3/c1-23(2,3)37-22(36)33-18-7-9-30-13-20(18)31-12-15-10-19-16(11-17(15)26)24(25(27,28)29,34-21(35)32-19)8-6-14-4-5-14/h7,9-11,13-14,31H,4-5,12H2,1-3H3,(H,30,33,36)(H2,32,34,35)/t24-/m0/s1. The van der Waals surface area contributed by atoms with Crippen LogP contribution in [-0.2, 0) is 16.8 Å². The van der Waals surface area contributed by atoms with Crippen LogP contribution >= 0.6 is 0 Å². The third-order valence-corrected chi connectivity index (χ3v) is 5.53. The first-order chi connectivity index (χ1) is 17.3. The largest absolute Gasteiger partial charge is 0.444 e. The molecule has 1 aliphatic carbocycles. The summed E-state index contributed by atoms with van der Waals surface area (Å²) in [7, 11) is 0. The highest BCUT2D eigenvalue weighted by molar-refractivity contribution is 5.95. The number of urea groups is 1. The second-order valence-electron chi connectivity index (χ2n) is 9.76. The van der Waals surface area contributed by atoms with Crippen LogP contribution in [-0.4, -0.2) is 28.9 Å². The van der Waals surface area contributed by atoms with Gasteiger partial charge >= 0.3 is 18.3 Å². The molecule has 4 N–H and O–H groups in total. The summed E-state index contributed by atoms with van der Waals surface area (Å²) in [5.74, 6) is 3.62. The summed E-state index contributed by atoms with van der Waals surface area (Å²) in [6.45, 7) is 4.92. The average molecular weight is 519 g/mol. The molecule has 4 rings (SSSR count). The second-order valence-corrected chi connectivity index (χ2v) is 9.76. The van der Waals surface area contributed by atoms with Crippen LogP contribution in [0.1, 0.15) is 44.7 Å². The molecule has 0 radical (unpaired) electrons. The number of benzene rings is 1. The van der Waals surface area contributed by atoms with Crippen molar-refractivity contribution >= 4 is 29.2 Å². The maximum absolute atomic E-state index is 15.1. The highest BCUT2D eigenvalue weighted by atomic mass is 19.4. The van der Waals surface area contributed by atoms with E-state index in [0.717, 1.165) is 12.1 Å². The Hall–Kier alpha value is -4.01. The van der Waals surface area contributed by atoms with Gasteiger partial charge in [0.25, 0.3) is 0 Å². The highest BCUT2D eigenvalue weighted by Crippen LogP contribution is 2.45. The topological polar surface area (TPSA) is 104 Å². The van der Waals surface area contributed by atoms with Crippen LogP contribution in [0.4, 0.5) is 44.2 Å². The van der Waals surface area contributed by atoms with Crippen LogP contribution in [0.15, 0.2) is 30.6 Å². The van der Waals surface area contributed by atoms with Crippen molar-refractivity contribution < 1.29 is 31.9 Å². The Morgan fingerprint density at radius 1 is 1.24 bits per heavy atom. The molecule has 0 saturated heterocycles. The SMILES string of the molecule is CC(C)(C)OC(=O)Nc1ccncc1NCc1cc2c(cc1F)[C@@](C#CC1CC1)(C(F)(F)F)NC(=O)N2. The number of nitrogens with one attached hydrogen (secondary N) is 4. The van der Waals surface area contributed by atoms with Crippen LogP contribution < -0.4 is 21.3 Å². The minimum absolute atomic E-state index is 0.0285. The first kappa shape index (κ1) is 26.1. The van der Waals surface area contributed by atoms with Crippen molar-refractivity contribution in [2.75, 3.05) is 16.0 Å². The molecule has 2 aliphatic rings. The van der Waals surface area contributed by atoms with Crippen molar-refractivity contribution in [1.82, 2.24) is 10.3 Å². The molecule has 37 heavy (non-hydrogen) atoms. The van der Waals surface area contributed by atoms with Gasteiger partial charge in [0.2, 0.25) is 5.54 Å². The van der Waals surface area contributed by atoms with Crippen LogP contribution in [0.5, 0.6) is 0 Å². The molecule has 0 unspecified atom stereocenters. The normalized spacial score (nSPS) is 18.9. The van der Waals surface area contributed by atoms with E-state index in [9.17, 15) is 22.8 Å². The number of anilines is 3. The summed E-state index contributed by atoms with van der Waals surface area (Å²) in [6.07, 6.45) is -1.54. The van der Waals surface area contributed by atoms with Gasteiger partial charge in [0.1, 0.15) is 11.4 Å². The third-order valence-electron chi connectivity index (χ3n) is 5.53. The number of hydrogen-bond donors (Lipinski definition) is 4. The minimum atomic E-state index is -4.99. The maximum atomic E-state index is 15.1. The Bertz CT molecular complexity index is 1290. The number of pyridine rings is 1. The molecule has 12 heteroatoms. The van der Waals surface area contributed by atoms with Crippen LogP contribution in [0.3, 0.4) is 0 Å². The molecule has 1 aromatic carbocycles. The number of nitrogens with zero attached hydrogens (tertiary/aromatic N) is 1. The Morgan fingerprint density at radius 3 is 2.62 bits per heavy atom. The summed E-state index contributed by atoms with van der Waals surface area (Å²) in [4.78, 5) is 28.3. The Morgan fingerprint density at radius 2 is 1.97 bits per heavy atom. The van der Waals surface area contributed by atoms with Crippen molar-refractivity contribution in [2.45, 2.75) is 57.5 Å². The number of halogens is 4. The molecule has 1 fully saturated rings. The van der Waals surface area contributed by atoms with E-state index in [-0.39, 0.29) is 23.7 Å². The van der Waals surface area contributed by atoms with Gasteiger partial charge in [0.05, 0.1) is 17.6 Å². The highest BCUT2D eigenvalue weighted by Gasteiger charge is 2.59. The lowest BCUT2D eigenvalue weighted by Crippen LogP contribution is -2.59. The lowest BCUT2D eigenvalue weighted by atomic mass is 9.85. The monoisotopic (exact) mass is 519 g/mol. The fourth-order valence-electron chi connectivity index (χ4n) is 3.64. The molecule has 196 valence electrons. The molecular weight excluding hydrogens is 494 g/mol. The van der Waals surface area contributed by atoms with E-state index in [1.165, 1.54) is 18.5 Å². The van der Waals surface area contributed by atoms with Gasteiger partial charge in [-0.3, -0.25) is 10.3 Å².